The summed E-state index contributed by atoms with van der Waals surface area (Å²) in [4.78, 5) is 36.5. The van der Waals surface area contributed by atoms with Gasteiger partial charge in [-0.2, -0.15) is 5.10 Å². The minimum absolute atomic E-state index is 0.248. The van der Waals surface area contributed by atoms with E-state index in [1.807, 2.05) is 12.1 Å². The van der Waals surface area contributed by atoms with Gasteiger partial charge in [-0.15, -0.1) is 0 Å². The van der Waals surface area contributed by atoms with Crippen molar-refractivity contribution in [3.63, 3.8) is 0 Å². The number of carbonyl (C=O) groups is 2. The molecule has 0 spiro atoms. The molecule has 160 valence electrons. The SMILES string of the molecule is Cc1csc(=O)n1CC(=O)OCC(=O)N1N=C(c2ccc(Cl)cc2)C[C@H]1c1ccco1. The number of hydrogen-bond acceptors (Lipinski definition) is 7. The number of carbonyl (C=O) groups excluding carboxylic acids is 2. The Morgan fingerprint density at radius 1 is 1.29 bits per heavy atom. The molecule has 31 heavy (non-hydrogen) atoms. The van der Waals surface area contributed by atoms with Crippen molar-refractivity contribution >= 4 is 40.5 Å². The van der Waals surface area contributed by atoms with Crippen molar-refractivity contribution in [1.29, 1.82) is 0 Å². The van der Waals surface area contributed by atoms with Gasteiger partial charge in [0.1, 0.15) is 18.3 Å². The summed E-state index contributed by atoms with van der Waals surface area (Å²) in [6, 6.07) is 10.2. The average molecular weight is 460 g/mol. The molecular weight excluding hydrogens is 442 g/mol. The third-order valence-electron chi connectivity index (χ3n) is 4.84. The number of ether oxygens (including phenoxy) is 1. The third kappa shape index (κ3) is 4.62. The molecule has 1 atom stereocenters. The second kappa shape index (κ2) is 8.91. The lowest BCUT2D eigenvalue weighted by atomic mass is 10.0. The molecule has 0 radical (unpaired) electrons. The van der Waals surface area contributed by atoms with E-state index in [2.05, 4.69) is 5.10 Å². The van der Waals surface area contributed by atoms with Crippen LogP contribution in [-0.4, -0.2) is 33.8 Å². The number of halogens is 1. The smallest absolute Gasteiger partial charge is 0.326 e. The summed E-state index contributed by atoms with van der Waals surface area (Å²) < 4.78 is 11.9. The van der Waals surface area contributed by atoms with Crippen LogP contribution in [-0.2, 0) is 20.9 Å². The van der Waals surface area contributed by atoms with Gasteiger partial charge in [-0.05, 0) is 36.8 Å². The minimum Gasteiger partial charge on any atom is -0.467 e. The second-order valence-electron chi connectivity index (χ2n) is 6.92. The zero-order valence-corrected chi connectivity index (χ0v) is 18.1. The van der Waals surface area contributed by atoms with E-state index >= 15 is 0 Å². The van der Waals surface area contributed by atoms with Crippen molar-refractivity contribution < 1.29 is 18.7 Å². The Kier molecular flexibility index (Phi) is 6.06. The molecule has 3 heterocycles. The topological polar surface area (TPSA) is 94.1 Å². The molecule has 0 unspecified atom stereocenters. The predicted molar refractivity (Wildman–Crippen MR) is 115 cm³/mol. The normalized spacial score (nSPS) is 15.7. The van der Waals surface area contributed by atoms with Gasteiger partial charge in [0.05, 0.1) is 12.0 Å². The fourth-order valence-corrected chi connectivity index (χ4v) is 4.10. The molecule has 0 N–H and O–H groups in total. The van der Waals surface area contributed by atoms with Crippen molar-refractivity contribution in [2.45, 2.75) is 25.9 Å². The molecule has 0 saturated heterocycles. The Balaban J connectivity index is 1.47. The van der Waals surface area contributed by atoms with Gasteiger partial charge in [0.2, 0.25) is 0 Å². The van der Waals surface area contributed by atoms with Crippen molar-refractivity contribution in [3.8, 4) is 0 Å². The number of furan rings is 1. The molecule has 4 rings (SSSR count). The summed E-state index contributed by atoms with van der Waals surface area (Å²) in [5, 5.41) is 8.00. The van der Waals surface area contributed by atoms with Crippen molar-refractivity contribution in [2.24, 2.45) is 5.10 Å². The lowest BCUT2D eigenvalue weighted by Gasteiger charge is -2.19. The highest BCUT2D eigenvalue weighted by Gasteiger charge is 2.35. The monoisotopic (exact) mass is 459 g/mol. The number of benzene rings is 1. The van der Waals surface area contributed by atoms with Crippen molar-refractivity contribution in [3.05, 3.63) is 79.7 Å². The van der Waals surface area contributed by atoms with E-state index in [0.29, 0.717) is 28.6 Å². The van der Waals surface area contributed by atoms with Crippen LogP contribution >= 0.6 is 22.9 Å². The zero-order chi connectivity index (χ0) is 22.0. The fourth-order valence-electron chi connectivity index (χ4n) is 3.24. The van der Waals surface area contributed by atoms with E-state index in [1.54, 1.807) is 36.6 Å². The van der Waals surface area contributed by atoms with E-state index in [9.17, 15) is 14.4 Å². The van der Waals surface area contributed by atoms with Crippen LogP contribution in [0.2, 0.25) is 5.02 Å². The second-order valence-corrected chi connectivity index (χ2v) is 8.17. The van der Waals surface area contributed by atoms with Crippen molar-refractivity contribution in [1.82, 2.24) is 9.58 Å². The van der Waals surface area contributed by atoms with E-state index < -0.39 is 24.5 Å². The Morgan fingerprint density at radius 3 is 2.71 bits per heavy atom. The van der Waals surface area contributed by atoms with Crippen LogP contribution in [0.15, 0.2) is 62.4 Å². The number of hydrazone groups is 1. The van der Waals surface area contributed by atoms with Gasteiger partial charge in [-0.25, -0.2) is 5.01 Å². The highest BCUT2D eigenvalue weighted by Crippen LogP contribution is 2.33. The summed E-state index contributed by atoms with van der Waals surface area (Å²) in [5.74, 6) is -0.589. The standard InChI is InChI=1S/C21H18ClN3O5S/c1-13-12-31-21(28)24(13)10-20(27)30-11-19(26)25-17(18-3-2-8-29-18)9-16(23-25)14-4-6-15(22)7-5-14/h2-8,12,17H,9-11H2,1H3/t17-/m0/s1. The van der Waals surface area contributed by atoms with Gasteiger partial charge < -0.3 is 9.15 Å². The first-order valence-corrected chi connectivity index (χ1v) is 10.7. The van der Waals surface area contributed by atoms with Crippen LogP contribution in [0.4, 0.5) is 0 Å². The van der Waals surface area contributed by atoms with Crippen LogP contribution in [0.25, 0.3) is 0 Å². The number of nitrogens with zero attached hydrogens (tertiary/aromatic N) is 3. The molecule has 8 nitrogen and oxygen atoms in total. The maximum Gasteiger partial charge on any atom is 0.326 e. The molecule has 1 aliphatic heterocycles. The first kappa shape index (κ1) is 21.1. The number of aryl methyl sites for hydroxylation is 1. The molecule has 1 aliphatic rings. The molecular formula is C21H18ClN3O5S. The highest BCUT2D eigenvalue weighted by atomic mass is 35.5. The number of rotatable bonds is 6. The molecule has 10 heteroatoms. The number of esters is 1. The van der Waals surface area contributed by atoms with Crippen molar-refractivity contribution in [2.75, 3.05) is 6.61 Å². The summed E-state index contributed by atoms with van der Waals surface area (Å²) in [6.07, 6.45) is 1.97. The number of amides is 1. The summed E-state index contributed by atoms with van der Waals surface area (Å²) in [6.45, 7) is 0.981. The maximum atomic E-state index is 12.8. The van der Waals surface area contributed by atoms with Crippen LogP contribution in [0, 0.1) is 6.92 Å². The Hall–Kier alpha value is -3.17. The molecule has 0 saturated carbocycles. The Labute approximate surface area is 186 Å². The number of hydrogen-bond donors (Lipinski definition) is 0. The summed E-state index contributed by atoms with van der Waals surface area (Å²) >= 11 is 6.96. The summed E-state index contributed by atoms with van der Waals surface area (Å²) in [7, 11) is 0. The van der Waals surface area contributed by atoms with Crippen LogP contribution in [0.1, 0.15) is 29.5 Å². The first-order valence-electron chi connectivity index (χ1n) is 9.42. The van der Waals surface area contributed by atoms with Gasteiger partial charge in [0.25, 0.3) is 5.91 Å². The van der Waals surface area contributed by atoms with Crippen LogP contribution in [0.5, 0.6) is 0 Å². The van der Waals surface area contributed by atoms with E-state index in [0.717, 1.165) is 16.9 Å². The van der Waals surface area contributed by atoms with Gasteiger partial charge in [0, 0.05) is 22.5 Å². The first-order chi connectivity index (χ1) is 14.9. The number of aromatic nitrogens is 1. The Bertz CT molecular complexity index is 1180. The minimum atomic E-state index is -0.674. The largest absolute Gasteiger partial charge is 0.467 e. The van der Waals surface area contributed by atoms with Crippen LogP contribution in [0.3, 0.4) is 0 Å². The molecule has 0 aliphatic carbocycles. The molecule has 0 fully saturated rings. The zero-order valence-electron chi connectivity index (χ0n) is 16.5. The quantitative estimate of drug-likeness (QED) is 0.527. The van der Waals surface area contributed by atoms with Gasteiger partial charge in [-0.1, -0.05) is 35.1 Å². The van der Waals surface area contributed by atoms with Gasteiger partial charge in [-0.3, -0.25) is 19.0 Å². The van der Waals surface area contributed by atoms with Gasteiger partial charge >= 0.3 is 10.8 Å². The molecule has 0 bridgehead atoms. The van der Waals surface area contributed by atoms with E-state index in [-0.39, 0.29) is 11.4 Å². The molecule has 1 amide bonds. The van der Waals surface area contributed by atoms with E-state index in [1.165, 1.54) is 15.8 Å². The predicted octanol–water partition coefficient (Wildman–Crippen LogP) is 3.39. The average Bonchev–Trinajstić information content (AvgIpc) is 3.49. The molecule has 3 aromatic rings. The molecule has 2 aromatic heterocycles. The maximum absolute atomic E-state index is 12.8. The van der Waals surface area contributed by atoms with E-state index in [4.69, 9.17) is 20.8 Å². The fraction of sp³-hybridized carbons (Fsp3) is 0.238. The lowest BCUT2D eigenvalue weighted by Crippen LogP contribution is -2.32. The molecule has 1 aromatic carbocycles. The van der Waals surface area contributed by atoms with Crippen LogP contribution < -0.4 is 4.87 Å². The lowest BCUT2D eigenvalue weighted by molar-refractivity contribution is -0.153. The number of thiazole rings is 1. The third-order valence-corrected chi connectivity index (χ3v) is 5.97. The highest BCUT2D eigenvalue weighted by molar-refractivity contribution is 7.07. The van der Waals surface area contributed by atoms with Gasteiger partial charge in [0.15, 0.2) is 6.61 Å². The summed E-state index contributed by atoms with van der Waals surface area (Å²) in [5.41, 5.74) is 2.19. The Morgan fingerprint density at radius 2 is 2.06 bits per heavy atom.